The van der Waals surface area contributed by atoms with Gasteiger partial charge in [-0.3, -0.25) is 4.99 Å². The summed E-state index contributed by atoms with van der Waals surface area (Å²) in [6.45, 7) is 3.38. The first-order chi connectivity index (χ1) is 10.7. The van der Waals surface area contributed by atoms with Crippen LogP contribution in [0.3, 0.4) is 0 Å². The Morgan fingerprint density at radius 2 is 1.77 bits per heavy atom. The predicted molar refractivity (Wildman–Crippen MR) is 97.3 cm³/mol. The van der Waals surface area contributed by atoms with Crippen LogP contribution in [0.5, 0.6) is 5.75 Å². The summed E-state index contributed by atoms with van der Waals surface area (Å²) in [4.78, 5) is 4.66. The van der Waals surface area contributed by atoms with Crippen molar-refractivity contribution in [2.45, 2.75) is 10.6 Å². The minimum absolute atomic E-state index is 0.826. The summed E-state index contributed by atoms with van der Waals surface area (Å²) >= 11 is 2.97. The SMILES string of the molecule is C=Nc1ccc(SC#N)cc1.COc1ccc(CSC)cc1. The van der Waals surface area contributed by atoms with Gasteiger partial charge in [0.15, 0.2) is 0 Å². The topological polar surface area (TPSA) is 45.4 Å². The standard InChI is InChI=1S/C9H12OS.C8H6N2S/c1-10-9-5-3-8(4-6-9)7-11-2;1-10-7-2-4-8(5-3-7)11-6-9/h3-6H,7H2,1-2H3;2-5H,1H2. The average Bonchev–Trinajstić information content (AvgIpc) is 2.57. The number of nitrogens with zero attached hydrogens (tertiary/aromatic N) is 2. The minimum atomic E-state index is 0.826. The first kappa shape index (κ1) is 18.1. The van der Waals surface area contributed by atoms with Crippen LogP contribution in [0, 0.1) is 10.7 Å². The molecule has 0 radical (unpaired) electrons. The van der Waals surface area contributed by atoms with E-state index in [9.17, 15) is 0 Å². The van der Waals surface area contributed by atoms with Gasteiger partial charge in [0, 0.05) is 10.6 Å². The monoisotopic (exact) mass is 330 g/mol. The Balaban J connectivity index is 0.000000220. The van der Waals surface area contributed by atoms with E-state index in [1.165, 1.54) is 5.56 Å². The van der Waals surface area contributed by atoms with Gasteiger partial charge in [-0.05, 0) is 66.7 Å². The van der Waals surface area contributed by atoms with Gasteiger partial charge in [0.1, 0.15) is 11.2 Å². The molecule has 0 saturated carbocycles. The number of methoxy groups -OCH3 is 1. The van der Waals surface area contributed by atoms with Gasteiger partial charge < -0.3 is 4.74 Å². The van der Waals surface area contributed by atoms with Gasteiger partial charge >= 0.3 is 0 Å². The number of hydrogen-bond acceptors (Lipinski definition) is 5. The number of nitriles is 1. The van der Waals surface area contributed by atoms with Crippen LogP contribution in [0.25, 0.3) is 0 Å². The fraction of sp³-hybridized carbons (Fsp3) is 0.176. The zero-order chi connectivity index (χ0) is 16.2. The first-order valence-electron chi connectivity index (χ1n) is 6.48. The maximum Gasteiger partial charge on any atom is 0.138 e. The third-order valence-electron chi connectivity index (χ3n) is 2.65. The molecule has 0 atom stereocenters. The highest BCUT2D eigenvalue weighted by molar-refractivity contribution is 8.03. The molecule has 22 heavy (non-hydrogen) atoms. The molecular weight excluding hydrogens is 312 g/mol. The molecule has 0 saturated heterocycles. The fourth-order valence-electron chi connectivity index (χ4n) is 1.56. The lowest BCUT2D eigenvalue weighted by Gasteiger charge is -2.00. The molecule has 0 N–H and O–H groups in total. The Morgan fingerprint density at radius 3 is 2.23 bits per heavy atom. The molecule has 0 aliphatic rings. The normalized spacial score (nSPS) is 9.14. The molecule has 0 bridgehead atoms. The van der Waals surface area contributed by atoms with Crippen LogP contribution in [0.4, 0.5) is 5.69 Å². The minimum Gasteiger partial charge on any atom is -0.497 e. The third-order valence-corrected chi connectivity index (χ3v) is 3.87. The van der Waals surface area contributed by atoms with Gasteiger partial charge in [0.25, 0.3) is 0 Å². The lowest BCUT2D eigenvalue weighted by molar-refractivity contribution is 0.414. The van der Waals surface area contributed by atoms with Gasteiger partial charge in [-0.25, -0.2) is 0 Å². The summed E-state index contributed by atoms with van der Waals surface area (Å²) in [7, 11) is 1.68. The van der Waals surface area contributed by atoms with Crippen molar-refractivity contribution in [1.82, 2.24) is 0 Å². The molecule has 0 heterocycles. The van der Waals surface area contributed by atoms with Crippen LogP contribution >= 0.6 is 23.5 Å². The number of aliphatic imine (C=N–C) groups is 1. The van der Waals surface area contributed by atoms with Crippen LogP contribution in [-0.4, -0.2) is 20.1 Å². The van der Waals surface area contributed by atoms with Crippen LogP contribution in [-0.2, 0) is 5.75 Å². The van der Waals surface area contributed by atoms with Crippen LogP contribution < -0.4 is 4.74 Å². The quantitative estimate of drug-likeness (QED) is 0.432. The summed E-state index contributed by atoms with van der Waals surface area (Å²) < 4.78 is 5.04. The predicted octanol–water partition coefficient (Wildman–Crippen LogP) is 5.15. The average molecular weight is 330 g/mol. The summed E-state index contributed by atoms with van der Waals surface area (Å²) in [6, 6.07) is 15.5. The second-order valence-electron chi connectivity index (χ2n) is 4.13. The molecule has 3 nitrogen and oxygen atoms in total. The van der Waals surface area contributed by atoms with Crippen molar-refractivity contribution in [2.75, 3.05) is 13.4 Å². The first-order valence-corrected chi connectivity index (χ1v) is 8.69. The van der Waals surface area contributed by atoms with Crippen LogP contribution in [0.15, 0.2) is 58.4 Å². The Labute approximate surface area is 140 Å². The van der Waals surface area contributed by atoms with Crippen LogP contribution in [0.1, 0.15) is 5.56 Å². The van der Waals surface area contributed by atoms with E-state index in [0.29, 0.717) is 0 Å². The maximum atomic E-state index is 8.32. The lowest BCUT2D eigenvalue weighted by Crippen LogP contribution is -1.83. The van der Waals surface area contributed by atoms with Crippen molar-refractivity contribution in [2.24, 2.45) is 4.99 Å². The van der Waals surface area contributed by atoms with E-state index in [1.807, 2.05) is 53.6 Å². The van der Waals surface area contributed by atoms with E-state index in [-0.39, 0.29) is 0 Å². The number of rotatable bonds is 5. The van der Waals surface area contributed by atoms with Crippen molar-refractivity contribution >= 4 is 35.9 Å². The van der Waals surface area contributed by atoms with E-state index < -0.39 is 0 Å². The highest BCUT2D eigenvalue weighted by Crippen LogP contribution is 2.19. The van der Waals surface area contributed by atoms with E-state index in [2.05, 4.69) is 30.1 Å². The van der Waals surface area contributed by atoms with E-state index in [0.717, 1.165) is 33.8 Å². The third kappa shape index (κ3) is 6.70. The Kier molecular flexibility index (Phi) is 8.89. The molecule has 0 spiro atoms. The molecule has 114 valence electrons. The molecule has 2 aromatic rings. The molecule has 0 fully saturated rings. The summed E-state index contributed by atoms with van der Waals surface area (Å²) in [5.41, 5.74) is 2.17. The van der Waals surface area contributed by atoms with E-state index >= 15 is 0 Å². The van der Waals surface area contributed by atoms with Crippen LogP contribution in [0.2, 0.25) is 0 Å². The number of thioether (sulfide) groups is 2. The second kappa shape index (κ2) is 10.8. The molecule has 0 aliphatic heterocycles. The summed E-state index contributed by atoms with van der Waals surface area (Å²) in [5, 5.41) is 10.3. The van der Waals surface area contributed by atoms with Crippen molar-refractivity contribution in [3.8, 4) is 11.2 Å². The Morgan fingerprint density at radius 1 is 1.14 bits per heavy atom. The summed E-state index contributed by atoms with van der Waals surface area (Å²) in [5.74, 6) is 2.00. The van der Waals surface area contributed by atoms with Crippen molar-refractivity contribution in [1.29, 1.82) is 5.26 Å². The van der Waals surface area contributed by atoms with Crippen molar-refractivity contribution in [3.63, 3.8) is 0 Å². The van der Waals surface area contributed by atoms with Gasteiger partial charge in [-0.1, -0.05) is 12.1 Å². The zero-order valence-corrected chi connectivity index (χ0v) is 14.3. The fourth-order valence-corrected chi connectivity index (χ4v) is 2.46. The number of benzene rings is 2. The van der Waals surface area contributed by atoms with E-state index in [4.69, 9.17) is 10.00 Å². The summed E-state index contributed by atoms with van der Waals surface area (Å²) in [6.07, 6.45) is 2.10. The van der Waals surface area contributed by atoms with Crippen molar-refractivity contribution < 1.29 is 4.74 Å². The molecule has 5 heteroatoms. The molecule has 2 aromatic carbocycles. The van der Waals surface area contributed by atoms with Gasteiger partial charge in [-0.15, -0.1) is 0 Å². The molecule has 0 amide bonds. The molecular formula is C17H18N2OS2. The largest absolute Gasteiger partial charge is 0.497 e. The second-order valence-corrected chi connectivity index (χ2v) is 5.85. The molecule has 0 unspecified atom stereocenters. The van der Waals surface area contributed by atoms with E-state index in [1.54, 1.807) is 7.11 Å². The molecule has 0 aromatic heterocycles. The van der Waals surface area contributed by atoms with Gasteiger partial charge in [-0.2, -0.15) is 17.0 Å². The smallest absolute Gasteiger partial charge is 0.138 e. The zero-order valence-electron chi connectivity index (χ0n) is 12.7. The Hall–Kier alpha value is -1.90. The number of hydrogen-bond donors (Lipinski definition) is 0. The molecule has 2 rings (SSSR count). The maximum absolute atomic E-state index is 8.32. The number of ether oxygens (including phenoxy) is 1. The van der Waals surface area contributed by atoms with Gasteiger partial charge in [0.2, 0.25) is 0 Å². The Bertz CT molecular complexity index is 604. The number of thiocyanates is 1. The van der Waals surface area contributed by atoms with Crippen molar-refractivity contribution in [3.05, 3.63) is 54.1 Å². The van der Waals surface area contributed by atoms with Gasteiger partial charge in [0.05, 0.1) is 12.8 Å². The highest BCUT2D eigenvalue weighted by Gasteiger charge is 1.92. The highest BCUT2D eigenvalue weighted by atomic mass is 32.2. The molecule has 0 aliphatic carbocycles. The lowest BCUT2D eigenvalue weighted by atomic mass is 10.2.